The molecule has 1 aliphatic rings. The maximum atomic E-state index is 12.1. The number of carbonyl (C=O) groups is 1. The van der Waals surface area contributed by atoms with Crippen LogP contribution in [-0.4, -0.2) is 53.9 Å². The maximum absolute atomic E-state index is 12.1. The Morgan fingerprint density at radius 2 is 1.94 bits per heavy atom. The van der Waals surface area contributed by atoms with Crippen LogP contribution < -0.4 is 0 Å². The third-order valence-electron chi connectivity index (χ3n) is 3.42. The monoisotopic (exact) mass is 267 g/mol. The Labute approximate surface area is 113 Å². The van der Waals surface area contributed by atoms with Gasteiger partial charge in [-0.3, -0.25) is 4.79 Å². The molecule has 2 rings (SSSR count). The SMILES string of the molecule is Cc1nc(C)c(CCC(=O)N2CCN(C)CC2)s1. The zero-order valence-electron chi connectivity index (χ0n) is 11.4. The molecule has 1 aromatic rings. The Balaban J connectivity index is 1.83. The Morgan fingerprint density at radius 1 is 1.28 bits per heavy atom. The van der Waals surface area contributed by atoms with Gasteiger partial charge in [-0.15, -0.1) is 11.3 Å². The quantitative estimate of drug-likeness (QED) is 0.832. The Hall–Kier alpha value is -0.940. The second kappa shape index (κ2) is 5.80. The molecule has 5 heteroatoms. The third kappa shape index (κ3) is 3.29. The van der Waals surface area contributed by atoms with Gasteiger partial charge in [0.15, 0.2) is 0 Å². The van der Waals surface area contributed by atoms with Crippen LogP contribution in [0.1, 0.15) is 22.0 Å². The maximum Gasteiger partial charge on any atom is 0.223 e. The number of aryl methyl sites for hydroxylation is 3. The molecule has 1 saturated heterocycles. The highest BCUT2D eigenvalue weighted by Gasteiger charge is 2.19. The second-order valence-electron chi connectivity index (χ2n) is 4.93. The van der Waals surface area contributed by atoms with Crippen LogP contribution in [0.25, 0.3) is 0 Å². The van der Waals surface area contributed by atoms with Crippen molar-refractivity contribution in [3.63, 3.8) is 0 Å². The first-order valence-corrected chi connectivity index (χ1v) is 7.27. The largest absolute Gasteiger partial charge is 0.340 e. The average molecular weight is 267 g/mol. The third-order valence-corrected chi connectivity index (χ3v) is 4.55. The molecule has 100 valence electrons. The molecule has 0 radical (unpaired) electrons. The lowest BCUT2D eigenvalue weighted by Gasteiger charge is -2.32. The van der Waals surface area contributed by atoms with Crippen molar-refractivity contribution in [1.29, 1.82) is 0 Å². The summed E-state index contributed by atoms with van der Waals surface area (Å²) in [6.45, 7) is 7.77. The lowest BCUT2D eigenvalue weighted by Crippen LogP contribution is -2.47. The van der Waals surface area contributed by atoms with Gasteiger partial charge in [-0.05, 0) is 27.3 Å². The highest BCUT2D eigenvalue weighted by Crippen LogP contribution is 2.19. The topological polar surface area (TPSA) is 36.4 Å². The highest BCUT2D eigenvalue weighted by atomic mass is 32.1. The van der Waals surface area contributed by atoms with Gasteiger partial charge >= 0.3 is 0 Å². The molecule has 0 aliphatic carbocycles. The highest BCUT2D eigenvalue weighted by molar-refractivity contribution is 7.11. The van der Waals surface area contributed by atoms with E-state index in [1.165, 1.54) is 4.88 Å². The van der Waals surface area contributed by atoms with E-state index in [9.17, 15) is 4.79 Å². The van der Waals surface area contributed by atoms with Crippen LogP contribution in [0.4, 0.5) is 0 Å². The van der Waals surface area contributed by atoms with Gasteiger partial charge in [0.1, 0.15) is 0 Å². The molecule has 0 atom stereocenters. The number of amides is 1. The van der Waals surface area contributed by atoms with E-state index in [1.54, 1.807) is 11.3 Å². The molecule has 1 fully saturated rings. The van der Waals surface area contributed by atoms with Crippen molar-refractivity contribution in [3.05, 3.63) is 15.6 Å². The van der Waals surface area contributed by atoms with E-state index in [1.807, 2.05) is 18.7 Å². The number of aromatic nitrogens is 1. The molecule has 1 amide bonds. The van der Waals surface area contributed by atoms with Crippen LogP contribution >= 0.6 is 11.3 Å². The van der Waals surface area contributed by atoms with E-state index in [0.29, 0.717) is 6.42 Å². The first-order valence-electron chi connectivity index (χ1n) is 6.45. The molecule has 1 aromatic heterocycles. The summed E-state index contributed by atoms with van der Waals surface area (Å²) in [6, 6.07) is 0. The zero-order valence-corrected chi connectivity index (χ0v) is 12.2. The van der Waals surface area contributed by atoms with E-state index in [2.05, 4.69) is 16.9 Å². The summed E-state index contributed by atoms with van der Waals surface area (Å²) in [5.41, 5.74) is 1.09. The number of piperazine rings is 1. The summed E-state index contributed by atoms with van der Waals surface area (Å²) in [5, 5.41) is 1.09. The second-order valence-corrected chi connectivity index (χ2v) is 6.21. The molecule has 18 heavy (non-hydrogen) atoms. The molecular weight excluding hydrogens is 246 g/mol. The van der Waals surface area contributed by atoms with Crippen LogP contribution in [0.5, 0.6) is 0 Å². The van der Waals surface area contributed by atoms with Crippen LogP contribution in [-0.2, 0) is 11.2 Å². The molecule has 0 saturated carbocycles. The van der Waals surface area contributed by atoms with E-state index >= 15 is 0 Å². The van der Waals surface area contributed by atoms with E-state index < -0.39 is 0 Å². The molecule has 4 nitrogen and oxygen atoms in total. The minimum atomic E-state index is 0.286. The van der Waals surface area contributed by atoms with Gasteiger partial charge in [0.05, 0.1) is 10.7 Å². The standard InChI is InChI=1S/C13H21N3OS/c1-10-12(18-11(2)14-10)4-5-13(17)16-8-6-15(3)7-9-16/h4-9H2,1-3H3. The summed E-state index contributed by atoms with van der Waals surface area (Å²) in [5.74, 6) is 0.286. The van der Waals surface area contributed by atoms with Crippen molar-refractivity contribution in [1.82, 2.24) is 14.8 Å². The summed E-state index contributed by atoms with van der Waals surface area (Å²) >= 11 is 1.71. The summed E-state index contributed by atoms with van der Waals surface area (Å²) < 4.78 is 0. The van der Waals surface area contributed by atoms with Crippen molar-refractivity contribution >= 4 is 17.2 Å². The lowest BCUT2D eigenvalue weighted by molar-refractivity contribution is -0.132. The van der Waals surface area contributed by atoms with Crippen LogP contribution in [0.2, 0.25) is 0 Å². The van der Waals surface area contributed by atoms with Crippen molar-refractivity contribution in [3.8, 4) is 0 Å². The molecular formula is C13H21N3OS. The first kappa shape index (κ1) is 13.5. The number of hydrogen-bond donors (Lipinski definition) is 0. The molecule has 0 unspecified atom stereocenters. The fourth-order valence-electron chi connectivity index (χ4n) is 2.24. The van der Waals surface area contributed by atoms with Gasteiger partial charge in [-0.1, -0.05) is 0 Å². The van der Waals surface area contributed by atoms with Gasteiger partial charge in [-0.2, -0.15) is 0 Å². The van der Waals surface area contributed by atoms with Crippen LogP contribution in [0.3, 0.4) is 0 Å². The zero-order chi connectivity index (χ0) is 13.1. The predicted molar refractivity (Wildman–Crippen MR) is 74.0 cm³/mol. The van der Waals surface area contributed by atoms with Gasteiger partial charge in [0.25, 0.3) is 0 Å². The number of rotatable bonds is 3. The average Bonchev–Trinajstić information content (AvgIpc) is 2.66. The Morgan fingerprint density at radius 3 is 2.50 bits per heavy atom. The van der Waals surface area contributed by atoms with Crippen LogP contribution in [0, 0.1) is 13.8 Å². The van der Waals surface area contributed by atoms with E-state index in [-0.39, 0.29) is 5.91 Å². The smallest absolute Gasteiger partial charge is 0.223 e. The number of thiazole rings is 1. The van der Waals surface area contributed by atoms with Crippen molar-refractivity contribution in [2.24, 2.45) is 0 Å². The lowest BCUT2D eigenvalue weighted by atomic mass is 10.2. The summed E-state index contributed by atoms with van der Waals surface area (Å²) in [4.78, 5) is 22.0. The predicted octanol–water partition coefficient (Wildman–Crippen LogP) is 1.47. The van der Waals surface area contributed by atoms with Crippen LogP contribution in [0.15, 0.2) is 0 Å². The minimum absolute atomic E-state index is 0.286. The van der Waals surface area contributed by atoms with Gasteiger partial charge < -0.3 is 9.80 Å². The summed E-state index contributed by atoms with van der Waals surface area (Å²) in [6.07, 6.45) is 1.45. The van der Waals surface area contributed by atoms with E-state index in [4.69, 9.17) is 0 Å². The molecule has 0 bridgehead atoms. The number of likely N-dealkylation sites (N-methyl/N-ethyl adjacent to an activating group) is 1. The Bertz CT molecular complexity index is 422. The Kier molecular flexibility index (Phi) is 4.35. The van der Waals surface area contributed by atoms with Crippen molar-refractivity contribution < 1.29 is 4.79 Å². The van der Waals surface area contributed by atoms with Gasteiger partial charge in [0, 0.05) is 37.5 Å². The van der Waals surface area contributed by atoms with Gasteiger partial charge in [0.2, 0.25) is 5.91 Å². The molecule has 0 N–H and O–H groups in total. The fourth-order valence-corrected chi connectivity index (χ4v) is 3.18. The molecule has 2 heterocycles. The first-order chi connectivity index (χ1) is 8.56. The fraction of sp³-hybridized carbons (Fsp3) is 0.692. The summed E-state index contributed by atoms with van der Waals surface area (Å²) in [7, 11) is 2.10. The minimum Gasteiger partial charge on any atom is -0.340 e. The van der Waals surface area contributed by atoms with Gasteiger partial charge in [-0.25, -0.2) is 4.98 Å². The molecule has 0 aromatic carbocycles. The molecule has 1 aliphatic heterocycles. The molecule has 0 spiro atoms. The number of hydrogen-bond acceptors (Lipinski definition) is 4. The number of nitrogens with zero attached hydrogens (tertiary/aromatic N) is 3. The van der Waals surface area contributed by atoms with E-state index in [0.717, 1.165) is 43.3 Å². The normalized spacial score (nSPS) is 17.2. The van der Waals surface area contributed by atoms with Crippen molar-refractivity contribution in [2.45, 2.75) is 26.7 Å². The van der Waals surface area contributed by atoms with Crippen molar-refractivity contribution in [2.75, 3.05) is 33.2 Å². The number of carbonyl (C=O) groups excluding carboxylic acids is 1.